The van der Waals surface area contributed by atoms with E-state index in [4.69, 9.17) is 5.11 Å². The minimum atomic E-state index is -0.286. The Balaban J connectivity index is 2.44. The van der Waals surface area contributed by atoms with Gasteiger partial charge in [0.05, 0.1) is 6.10 Å². The Bertz CT molecular complexity index is 233. The number of benzene rings is 1. The molecule has 0 spiro atoms. The number of aliphatic hydroxyl groups is 1. The molecule has 1 aromatic rings. The molecule has 1 rings (SSSR count). The van der Waals surface area contributed by atoms with Gasteiger partial charge in [0, 0.05) is 12.6 Å². The van der Waals surface area contributed by atoms with Crippen molar-refractivity contribution in [2.45, 2.75) is 26.0 Å². The lowest BCUT2D eigenvalue weighted by Crippen LogP contribution is -2.27. The zero-order valence-electron chi connectivity index (χ0n) is 8.20. The van der Waals surface area contributed by atoms with E-state index in [0.29, 0.717) is 12.6 Å². The predicted octanol–water partition coefficient (Wildman–Crippen LogP) is 1.72. The maximum absolute atomic E-state index is 9.09. The third-order valence-electron chi connectivity index (χ3n) is 2.02. The van der Waals surface area contributed by atoms with Crippen LogP contribution in [0, 0.1) is 0 Å². The second-order valence-electron chi connectivity index (χ2n) is 3.39. The van der Waals surface area contributed by atoms with Crippen LogP contribution in [0.4, 0.5) is 0 Å². The summed E-state index contributed by atoms with van der Waals surface area (Å²) in [7, 11) is 0. The summed E-state index contributed by atoms with van der Waals surface area (Å²) >= 11 is 0. The molecule has 0 radical (unpaired) electrons. The van der Waals surface area contributed by atoms with Crippen LogP contribution in [0.15, 0.2) is 30.3 Å². The van der Waals surface area contributed by atoms with Crippen molar-refractivity contribution in [3.05, 3.63) is 35.9 Å². The van der Waals surface area contributed by atoms with Gasteiger partial charge in [-0.25, -0.2) is 0 Å². The van der Waals surface area contributed by atoms with Crippen molar-refractivity contribution >= 4 is 0 Å². The molecule has 13 heavy (non-hydrogen) atoms. The molecular weight excluding hydrogens is 162 g/mol. The van der Waals surface area contributed by atoms with Gasteiger partial charge < -0.3 is 10.4 Å². The van der Waals surface area contributed by atoms with Gasteiger partial charge in [0.25, 0.3) is 0 Å². The number of nitrogens with one attached hydrogen (secondary N) is 1. The van der Waals surface area contributed by atoms with Crippen LogP contribution in [0.25, 0.3) is 0 Å². The first-order valence-electron chi connectivity index (χ1n) is 4.66. The highest BCUT2D eigenvalue weighted by Crippen LogP contribution is 2.10. The van der Waals surface area contributed by atoms with Gasteiger partial charge >= 0.3 is 0 Å². The zero-order valence-corrected chi connectivity index (χ0v) is 8.20. The fourth-order valence-corrected chi connectivity index (χ4v) is 1.21. The Hall–Kier alpha value is -0.860. The molecule has 0 saturated carbocycles. The van der Waals surface area contributed by atoms with Crippen molar-refractivity contribution in [1.82, 2.24) is 5.32 Å². The first-order valence-corrected chi connectivity index (χ1v) is 4.66. The fourth-order valence-electron chi connectivity index (χ4n) is 1.21. The molecule has 72 valence electrons. The molecule has 2 unspecified atom stereocenters. The summed E-state index contributed by atoms with van der Waals surface area (Å²) in [6.45, 7) is 4.51. The van der Waals surface area contributed by atoms with E-state index in [1.165, 1.54) is 5.56 Å². The SMILES string of the molecule is CC(O)CNC(C)c1ccccc1. The van der Waals surface area contributed by atoms with E-state index >= 15 is 0 Å². The van der Waals surface area contributed by atoms with Crippen LogP contribution in [-0.4, -0.2) is 17.8 Å². The quantitative estimate of drug-likeness (QED) is 0.737. The lowest BCUT2D eigenvalue weighted by molar-refractivity contribution is 0.187. The normalized spacial score (nSPS) is 15.3. The highest BCUT2D eigenvalue weighted by atomic mass is 16.3. The summed E-state index contributed by atoms with van der Waals surface area (Å²) in [5.41, 5.74) is 1.25. The average molecular weight is 179 g/mol. The van der Waals surface area contributed by atoms with E-state index in [2.05, 4.69) is 24.4 Å². The molecule has 0 heterocycles. The van der Waals surface area contributed by atoms with Gasteiger partial charge in [0.2, 0.25) is 0 Å². The topological polar surface area (TPSA) is 32.3 Å². The molecular formula is C11H17NO. The lowest BCUT2D eigenvalue weighted by atomic mass is 10.1. The van der Waals surface area contributed by atoms with E-state index in [9.17, 15) is 0 Å². The summed E-state index contributed by atoms with van der Waals surface area (Å²) in [6.07, 6.45) is -0.286. The van der Waals surface area contributed by atoms with Gasteiger partial charge in [-0.15, -0.1) is 0 Å². The first-order chi connectivity index (χ1) is 6.20. The number of rotatable bonds is 4. The fraction of sp³-hybridized carbons (Fsp3) is 0.455. The molecule has 0 aliphatic heterocycles. The number of aliphatic hydroxyl groups excluding tert-OH is 1. The summed E-state index contributed by atoms with van der Waals surface area (Å²) in [5, 5.41) is 12.3. The van der Waals surface area contributed by atoms with Gasteiger partial charge in [0.1, 0.15) is 0 Å². The van der Waals surface area contributed by atoms with E-state index in [1.54, 1.807) is 6.92 Å². The smallest absolute Gasteiger partial charge is 0.0636 e. The highest BCUT2D eigenvalue weighted by molar-refractivity contribution is 5.17. The number of hydrogen-bond acceptors (Lipinski definition) is 2. The summed E-state index contributed by atoms with van der Waals surface area (Å²) in [4.78, 5) is 0. The van der Waals surface area contributed by atoms with Crippen molar-refractivity contribution in [3.63, 3.8) is 0 Å². The summed E-state index contributed by atoms with van der Waals surface area (Å²) in [5.74, 6) is 0. The van der Waals surface area contributed by atoms with Crippen LogP contribution in [-0.2, 0) is 0 Å². The van der Waals surface area contributed by atoms with Crippen molar-refractivity contribution in [3.8, 4) is 0 Å². The molecule has 1 aromatic carbocycles. The maximum Gasteiger partial charge on any atom is 0.0636 e. The molecule has 2 atom stereocenters. The maximum atomic E-state index is 9.09. The van der Waals surface area contributed by atoms with Gasteiger partial charge in [-0.3, -0.25) is 0 Å². The highest BCUT2D eigenvalue weighted by Gasteiger charge is 2.04. The van der Waals surface area contributed by atoms with Crippen LogP contribution in [0.2, 0.25) is 0 Å². The average Bonchev–Trinajstić information content (AvgIpc) is 2.15. The largest absolute Gasteiger partial charge is 0.392 e. The van der Waals surface area contributed by atoms with E-state index < -0.39 is 0 Å². The van der Waals surface area contributed by atoms with Gasteiger partial charge in [0.15, 0.2) is 0 Å². The van der Waals surface area contributed by atoms with Gasteiger partial charge in [-0.2, -0.15) is 0 Å². The van der Waals surface area contributed by atoms with Crippen molar-refractivity contribution in [1.29, 1.82) is 0 Å². The summed E-state index contributed by atoms with van der Waals surface area (Å²) in [6, 6.07) is 10.5. The Morgan fingerprint density at radius 3 is 2.38 bits per heavy atom. The lowest BCUT2D eigenvalue weighted by Gasteiger charge is -2.15. The first kappa shape index (κ1) is 10.2. The van der Waals surface area contributed by atoms with Gasteiger partial charge in [-0.1, -0.05) is 30.3 Å². The summed E-state index contributed by atoms with van der Waals surface area (Å²) < 4.78 is 0. The Kier molecular flexibility index (Phi) is 3.93. The van der Waals surface area contributed by atoms with Crippen LogP contribution in [0.1, 0.15) is 25.5 Å². The molecule has 0 aromatic heterocycles. The molecule has 0 fully saturated rings. The van der Waals surface area contributed by atoms with Crippen LogP contribution in [0.5, 0.6) is 0 Å². The van der Waals surface area contributed by atoms with Crippen LogP contribution < -0.4 is 5.32 Å². The second-order valence-corrected chi connectivity index (χ2v) is 3.39. The Morgan fingerprint density at radius 1 is 1.23 bits per heavy atom. The van der Waals surface area contributed by atoms with Crippen molar-refractivity contribution in [2.75, 3.05) is 6.54 Å². The molecule has 0 bridgehead atoms. The molecule has 2 N–H and O–H groups in total. The minimum Gasteiger partial charge on any atom is -0.392 e. The van der Waals surface area contributed by atoms with Gasteiger partial charge in [-0.05, 0) is 19.4 Å². The molecule has 2 nitrogen and oxygen atoms in total. The molecule has 0 saturated heterocycles. The molecule has 2 heteroatoms. The standard InChI is InChI=1S/C11H17NO/c1-9(13)8-12-10(2)11-6-4-3-5-7-11/h3-7,9-10,12-13H,8H2,1-2H3. The molecule has 0 aliphatic carbocycles. The predicted molar refractivity (Wildman–Crippen MR) is 54.5 cm³/mol. The zero-order chi connectivity index (χ0) is 9.68. The van der Waals surface area contributed by atoms with E-state index in [-0.39, 0.29) is 6.10 Å². The Labute approximate surface area is 79.6 Å². The van der Waals surface area contributed by atoms with E-state index in [1.807, 2.05) is 18.2 Å². The third-order valence-corrected chi connectivity index (χ3v) is 2.02. The van der Waals surface area contributed by atoms with Crippen LogP contribution >= 0.6 is 0 Å². The number of hydrogen-bond donors (Lipinski definition) is 2. The minimum absolute atomic E-state index is 0.286. The van der Waals surface area contributed by atoms with Crippen molar-refractivity contribution < 1.29 is 5.11 Å². The van der Waals surface area contributed by atoms with Crippen LogP contribution in [0.3, 0.4) is 0 Å². The molecule has 0 amide bonds. The molecule has 0 aliphatic rings. The second kappa shape index (κ2) is 5.00. The Morgan fingerprint density at radius 2 is 1.85 bits per heavy atom. The van der Waals surface area contributed by atoms with Crippen molar-refractivity contribution in [2.24, 2.45) is 0 Å². The third kappa shape index (κ3) is 3.57. The monoisotopic (exact) mass is 179 g/mol. The van der Waals surface area contributed by atoms with E-state index in [0.717, 1.165) is 0 Å².